The zero-order valence-corrected chi connectivity index (χ0v) is 14.4. The van der Waals surface area contributed by atoms with E-state index in [4.69, 9.17) is 4.74 Å². The molecule has 1 aromatic rings. The number of hydrogen-bond donors (Lipinski definition) is 2. The normalized spacial score (nSPS) is 24.8. The molecule has 0 saturated carbocycles. The Bertz CT molecular complexity index is 601. The maximum absolute atomic E-state index is 12.2. The van der Waals surface area contributed by atoms with E-state index in [-0.39, 0.29) is 11.8 Å². The zero-order valence-electron chi connectivity index (χ0n) is 13.6. The van der Waals surface area contributed by atoms with Gasteiger partial charge in [-0.15, -0.1) is 11.3 Å². The standard InChI is InChI=1S/C16H23N3O3S/c1-10-3-4-13-11(7-10)8-14(23-13)16(21)18-17-15(20)12-9-19(2)5-6-22-12/h8,10,12H,3-7,9H2,1-2H3,(H,17,20)(H,18,21)/t10-,12+/m0/s1. The van der Waals surface area contributed by atoms with E-state index in [0.29, 0.717) is 23.9 Å². The molecule has 6 nitrogen and oxygen atoms in total. The molecule has 1 fully saturated rings. The van der Waals surface area contributed by atoms with Gasteiger partial charge in [0.05, 0.1) is 11.5 Å². The molecule has 2 aliphatic rings. The van der Waals surface area contributed by atoms with Crippen LogP contribution in [0.3, 0.4) is 0 Å². The Morgan fingerprint density at radius 2 is 2.22 bits per heavy atom. The second-order valence-corrected chi connectivity index (χ2v) is 7.61. The third kappa shape index (κ3) is 3.91. The van der Waals surface area contributed by atoms with Crippen molar-refractivity contribution in [2.45, 2.75) is 32.3 Å². The van der Waals surface area contributed by atoms with Crippen molar-refractivity contribution in [3.05, 3.63) is 21.4 Å². The number of ether oxygens (including phenoxy) is 1. The molecule has 0 spiro atoms. The lowest BCUT2D eigenvalue weighted by Gasteiger charge is -2.28. The molecule has 0 aromatic carbocycles. The summed E-state index contributed by atoms with van der Waals surface area (Å²) in [5.41, 5.74) is 6.26. The highest BCUT2D eigenvalue weighted by Crippen LogP contribution is 2.32. The number of carbonyl (C=O) groups is 2. The van der Waals surface area contributed by atoms with E-state index in [1.165, 1.54) is 28.2 Å². The van der Waals surface area contributed by atoms with Crippen molar-refractivity contribution < 1.29 is 14.3 Å². The van der Waals surface area contributed by atoms with Crippen molar-refractivity contribution in [1.82, 2.24) is 15.8 Å². The third-order valence-corrected chi connectivity index (χ3v) is 5.65. The highest BCUT2D eigenvalue weighted by molar-refractivity contribution is 7.14. The fourth-order valence-electron chi connectivity index (χ4n) is 3.01. The molecule has 2 amide bonds. The molecule has 126 valence electrons. The van der Waals surface area contributed by atoms with Gasteiger partial charge < -0.3 is 9.64 Å². The van der Waals surface area contributed by atoms with E-state index in [2.05, 4.69) is 17.8 Å². The molecule has 2 N–H and O–H groups in total. The number of likely N-dealkylation sites (N-methyl/N-ethyl adjacent to an activating group) is 1. The molecular formula is C16H23N3O3S. The summed E-state index contributed by atoms with van der Waals surface area (Å²) < 4.78 is 5.42. The van der Waals surface area contributed by atoms with E-state index in [1.807, 2.05) is 18.0 Å². The quantitative estimate of drug-likeness (QED) is 0.789. The summed E-state index contributed by atoms with van der Waals surface area (Å²) in [6, 6.07) is 1.96. The predicted octanol–water partition coefficient (Wildman–Crippen LogP) is 0.964. The second kappa shape index (κ2) is 6.98. The van der Waals surface area contributed by atoms with Crippen LogP contribution in [0.25, 0.3) is 0 Å². The van der Waals surface area contributed by atoms with Gasteiger partial charge in [0.15, 0.2) is 6.10 Å². The third-order valence-electron chi connectivity index (χ3n) is 4.41. The molecule has 0 radical (unpaired) electrons. The first-order valence-corrected chi connectivity index (χ1v) is 8.86. The fourth-order valence-corrected chi connectivity index (χ4v) is 4.12. The first-order valence-electron chi connectivity index (χ1n) is 8.05. The van der Waals surface area contributed by atoms with Crippen LogP contribution in [-0.2, 0) is 22.4 Å². The number of morpholine rings is 1. The number of hydrazine groups is 1. The van der Waals surface area contributed by atoms with Crippen LogP contribution in [0, 0.1) is 5.92 Å². The van der Waals surface area contributed by atoms with E-state index in [1.54, 1.807) is 0 Å². The number of carbonyl (C=O) groups excluding carboxylic acids is 2. The van der Waals surface area contributed by atoms with Crippen molar-refractivity contribution in [2.75, 3.05) is 26.7 Å². The Labute approximate surface area is 140 Å². The Balaban J connectivity index is 1.54. The highest BCUT2D eigenvalue weighted by atomic mass is 32.1. The van der Waals surface area contributed by atoms with Crippen LogP contribution in [0.4, 0.5) is 0 Å². The number of rotatable bonds is 2. The summed E-state index contributed by atoms with van der Waals surface area (Å²) >= 11 is 1.53. The van der Waals surface area contributed by atoms with Crippen LogP contribution in [-0.4, -0.2) is 49.6 Å². The van der Waals surface area contributed by atoms with Gasteiger partial charge in [0.25, 0.3) is 11.8 Å². The van der Waals surface area contributed by atoms with Crippen LogP contribution >= 0.6 is 11.3 Å². The van der Waals surface area contributed by atoms with Gasteiger partial charge in [0.1, 0.15) is 0 Å². The van der Waals surface area contributed by atoms with Crippen molar-refractivity contribution in [1.29, 1.82) is 0 Å². The van der Waals surface area contributed by atoms with Gasteiger partial charge in [-0.2, -0.15) is 0 Å². The minimum atomic E-state index is -0.536. The van der Waals surface area contributed by atoms with Crippen molar-refractivity contribution in [2.24, 2.45) is 5.92 Å². The molecule has 2 atom stereocenters. The van der Waals surface area contributed by atoms with Gasteiger partial charge in [0.2, 0.25) is 0 Å². The molecule has 1 saturated heterocycles. The molecule has 1 aromatic heterocycles. The Kier molecular flexibility index (Phi) is 4.99. The topological polar surface area (TPSA) is 70.7 Å². The second-order valence-electron chi connectivity index (χ2n) is 6.47. The Morgan fingerprint density at radius 1 is 1.39 bits per heavy atom. The lowest BCUT2D eigenvalue weighted by Crippen LogP contribution is -2.52. The van der Waals surface area contributed by atoms with Crippen molar-refractivity contribution in [3.8, 4) is 0 Å². The number of fused-ring (bicyclic) bond motifs is 1. The van der Waals surface area contributed by atoms with E-state index < -0.39 is 6.10 Å². The van der Waals surface area contributed by atoms with Crippen molar-refractivity contribution >= 4 is 23.2 Å². The molecule has 1 aliphatic heterocycles. The maximum atomic E-state index is 12.2. The number of hydrogen-bond acceptors (Lipinski definition) is 5. The van der Waals surface area contributed by atoms with Crippen molar-refractivity contribution in [3.63, 3.8) is 0 Å². The summed E-state index contributed by atoms with van der Waals surface area (Å²) in [6.07, 6.45) is 2.72. The van der Waals surface area contributed by atoms with Gasteiger partial charge in [-0.05, 0) is 43.9 Å². The number of thiophene rings is 1. The van der Waals surface area contributed by atoms with Crippen LogP contribution < -0.4 is 10.9 Å². The van der Waals surface area contributed by atoms with Gasteiger partial charge in [-0.1, -0.05) is 6.92 Å². The molecule has 2 heterocycles. The molecule has 7 heteroatoms. The van der Waals surface area contributed by atoms with Crippen LogP contribution in [0.2, 0.25) is 0 Å². The molecule has 0 bridgehead atoms. The highest BCUT2D eigenvalue weighted by Gasteiger charge is 2.26. The van der Waals surface area contributed by atoms with Gasteiger partial charge in [0, 0.05) is 18.0 Å². The number of nitrogens with zero attached hydrogens (tertiary/aromatic N) is 1. The number of aryl methyl sites for hydroxylation is 1. The van der Waals surface area contributed by atoms with E-state index in [0.717, 1.165) is 19.4 Å². The summed E-state index contributed by atoms with van der Waals surface area (Å²) in [5, 5.41) is 0. The molecular weight excluding hydrogens is 314 g/mol. The maximum Gasteiger partial charge on any atom is 0.279 e. The van der Waals surface area contributed by atoms with E-state index in [9.17, 15) is 9.59 Å². The fraction of sp³-hybridized carbons (Fsp3) is 0.625. The van der Waals surface area contributed by atoms with Crippen LogP contribution in [0.1, 0.15) is 33.5 Å². The molecule has 3 rings (SSSR count). The largest absolute Gasteiger partial charge is 0.366 e. The van der Waals surface area contributed by atoms with Crippen LogP contribution in [0.15, 0.2) is 6.07 Å². The first-order chi connectivity index (χ1) is 11.0. The molecule has 1 aliphatic carbocycles. The Morgan fingerprint density at radius 3 is 3.00 bits per heavy atom. The van der Waals surface area contributed by atoms with Gasteiger partial charge >= 0.3 is 0 Å². The molecule has 23 heavy (non-hydrogen) atoms. The SMILES string of the molecule is C[C@H]1CCc2sc(C(=O)NNC(=O)[C@H]3CN(C)CCO3)cc2C1. The molecule has 0 unspecified atom stereocenters. The summed E-state index contributed by atoms with van der Waals surface area (Å²) in [6.45, 7) is 4.11. The lowest BCUT2D eigenvalue weighted by molar-refractivity contribution is -0.138. The first kappa shape index (κ1) is 16.4. The average Bonchev–Trinajstić information content (AvgIpc) is 2.95. The average molecular weight is 337 g/mol. The number of amides is 2. The predicted molar refractivity (Wildman–Crippen MR) is 88.4 cm³/mol. The lowest BCUT2D eigenvalue weighted by atomic mass is 9.90. The summed E-state index contributed by atoms with van der Waals surface area (Å²) in [7, 11) is 1.94. The number of nitrogens with one attached hydrogen (secondary N) is 2. The monoisotopic (exact) mass is 337 g/mol. The zero-order chi connectivity index (χ0) is 16.4. The smallest absolute Gasteiger partial charge is 0.279 e. The minimum Gasteiger partial charge on any atom is -0.366 e. The summed E-state index contributed by atoms with van der Waals surface area (Å²) in [5.74, 6) is 0.113. The summed E-state index contributed by atoms with van der Waals surface area (Å²) in [4.78, 5) is 28.3. The Hall–Kier alpha value is -1.44. The van der Waals surface area contributed by atoms with E-state index >= 15 is 0 Å². The minimum absolute atomic E-state index is 0.255. The van der Waals surface area contributed by atoms with Crippen LogP contribution in [0.5, 0.6) is 0 Å². The van der Waals surface area contributed by atoms with Gasteiger partial charge in [-0.3, -0.25) is 20.4 Å². The van der Waals surface area contributed by atoms with Gasteiger partial charge in [-0.25, -0.2) is 0 Å².